The van der Waals surface area contributed by atoms with E-state index in [9.17, 15) is 18.5 Å². The summed E-state index contributed by atoms with van der Waals surface area (Å²) in [5.74, 6) is 0.101. The van der Waals surface area contributed by atoms with E-state index in [2.05, 4.69) is 15.4 Å². The fourth-order valence-electron chi connectivity index (χ4n) is 4.51. The van der Waals surface area contributed by atoms with Gasteiger partial charge in [-0.25, -0.2) is 13.4 Å². The average molecular weight is 480 g/mol. The van der Waals surface area contributed by atoms with Gasteiger partial charge in [-0.15, -0.1) is 0 Å². The lowest BCUT2D eigenvalue weighted by Gasteiger charge is -2.26. The first-order chi connectivity index (χ1) is 16.5. The van der Waals surface area contributed by atoms with Gasteiger partial charge in [-0.05, 0) is 62.3 Å². The van der Waals surface area contributed by atoms with E-state index >= 15 is 0 Å². The van der Waals surface area contributed by atoms with Crippen molar-refractivity contribution in [3.05, 3.63) is 48.3 Å². The number of hydrogen-bond donors (Lipinski definition) is 1. The molecule has 2 fully saturated rings. The standard InChI is InChI=1S/C24H25N5O4S/c25-14-17-3-2-10-26-23(17)28-24(30)21(13-16-8-11-33-12-9-16)29-20-4-1-5-22(19(20)15-27-29)34(31,32)18-6-7-18/h1-5,10,15-16,18,21H,6-9,11-13H2,(H,26,28,30). The summed E-state index contributed by atoms with van der Waals surface area (Å²) >= 11 is 0. The molecule has 9 nitrogen and oxygen atoms in total. The monoisotopic (exact) mass is 479 g/mol. The molecule has 1 aliphatic carbocycles. The molecular weight excluding hydrogens is 454 g/mol. The predicted octanol–water partition coefficient (Wildman–Crippen LogP) is 3.24. The van der Waals surface area contributed by atoms with Crippen molar-refractivity contribution in [2.24, 2.45) is 5.92 Å². The Kier molecular flexibility index (Phi) is 6.06. The lowest BCUT2D eigenvalue weighted by molar-refractivity contribution is -0.120. The van der Waals surface area contributed by atoms with Crippen molar-refractivity contribution >= 4 is 32.5 Å². The van der Waals surface area contributed by atoms with E-state index in [1.807, 2.05) is 6.07 Å². The van der Waals surface area contributed by atoms with Gasteiger partial charge in [-0.1, -0.05) is 6.07 Å². The van der Waals surface area contributed by atoms with Crippen LogP contribution in [0, 0.1) is 17.2 Å². The summed E-state index contributed by atoms with van der Waals surface area (Å²) in [6.07, 6.45) is 6.58. The summed E-state index contributed by atoms with van der Waals surface area (Å²) < 4.78 is 33.0. The summed E-state index contributed by atoms with van der Waals surface area (Å²) in [4.78, 5) is 17.9. The van der Waals surface area contributed by atoms with Gasteiger partial charge < -0.3 is 10.1 Å². The number of anilines is 1. The van der Waals surface area contributed by atoms with Crippen LogP contribution in [0.3, 0.4) is 0 Å². The number of aromatic nitrogens is 3. The van der Waals surface area contributed by atoms with Crippen molar-refractivity contribution < 1.29 is 17.9 Å². The van der Waals surface area contributed by atoms with E-state index in [0.29, 0.717) is 43.4 Å². The molecule has 2 aromatic heterocycles. The zero-order valence-corrected chi connectivity index (χ0v) is 19.4. The number of hydrogen-bond acceptors (Lipinski definition) is 7. The van der Waals surface area contributed by atoms with E-state index in [1.165, 1.54) is 12.4 Å². The highest BCUT2D eigenvalue weighted by Gasteiger charge is 2.38. The quantitative estimate of drug-likeness (QED) is 0.551. The van der Waals surface area contributed by atoms with Gasteiger partial charge in [0, 0.05) is 24.8 Å². The Hall–Kier alpha value is -3.29. The predicted molar refractivity (Wildman–Crippen MR) is 125 cm³/mol. The highest BCUT2D eigenvalue weighted by molar-refractivity contribution is 7.92. The molecule has 1 amide bonds. The molecule has 3 aromatic rings. The van der Waals surface area contributed by atoms with Crippen LogP contribution in [0.4, 0.5) is 5.82 Å². The van der Waals surface area contributed by atoms with E-state index in [1.54, 1.807) is 35.0 Å². The van der Waals surface area contributed by atoms with Gasteiger partial charge in [-0.3, -0.25) is 9.48 Å². The van der Waals surface area contributed by atoms with E-state index in [0.717, 1.165) is 12.8 Å². The Labute approximate surface area is 197 Å². The van der Waals surface area contributed by atoms with Crippen molar-refractivity contribution in [2.75, 3.05) is 18.5 Å². The molecule has 1 aliphatic heterocycles. The van der Waals surface area contributed by atoms with Gasteiger partial charge in [0.15, 0.2) is 15.7 Å². The van der Waals surface area contributed by atoms with Crippen molar-refractivity contribution in [1.29, 1.82) is 5.26 Å². The first-order valence-corrected chi connectivity index (χ1v) is 13.0. The number of fused-ring (bicyclic) bond motifs is 1. The molecule has 1 saturated heterocycles. The summed E-state index contributed by atoms with van der Waals surface area (Å²) in [5, 5.41) is 16.9. The maximum Gasteiger partial charge on any atom is 0.250 e. The Bertz CT molecular complexity index is 1370. The van der Waals surface area contributed by atoms with Gasteiger partial charge in [0.1, 0.15) is 12.1 Å². The van der Waals surface area contributed by atoms with Crippen molar-refractivity contribution in [3.8, 4) is 6.07 Å². The zero-order chi connectivity index (χ0) is 23.7. The maximum atomic E-state index is 13.5. The van der Waals surface area contributed by atoms with Gasteiger partial charge >= 0.3 is 0 Å². The van der Waals surface area contributed by atoms with Crippen molar-refractivity contribution in [2.45, 2.75) is 48.3 Å². The molecule has 2 aliphatic rings. The molecule has 1 N–H and O–H groups in total. The molecule has 10 heteroatoms. The topological polar surface area (TPSA) is 127 Å². The van der Waals surface area contributed by atoms with Crippen LogP contribution in [0.2, 0.25) is 0 Å². The molecule has 0 spiro atoms. The van der Waals surface area contributed by atoms with Crippen LogP contribution < -0.4 is 5.32 Å². The lowest BCUT2D eigenvalue weighted by atomic mass is 9.92. The van der Waals surface area contributed by atoms with Crippen LogP contribution >= 0.6 is 0 Å². The van der Waals surface area contributed by atoms with Crippen LogP contribution in [-0.2, 0) is 19.4 Å². The van der Waals surface area contributed by atoms with E-state index < -0.39 is 15.9 Å². The molecule has 1 aromatic carbocycles. The van der Waals surface area contributed by atoms with Crippen molar-refractivity contribution in [3.63, 3.8) is 0 Å². The first kappa shape index (κ1) is 22.5. The number of ether oxygens (including phenoxy) is 1. The minimum Gasteiger partial charge on any atom is -0.381 e. The summed E-state index contributed by atoms with van der Waals surface area (Å²) in [5.41, 5.74) is 0.860. The number of pyridine rings is 1. The normalized spacial score (nSPS) is 17.9. The Morgan fingerprint density at radius 1 is 1.21 bits per heavy atom. The fraction of sp³-hybridized carbons (Fsp3) is 0.417. The average Bonchev–Trinajstić information content (AvgIpc) is 3.64. The van der Waals surface area contributed by atoms with E-state index in [-0.39, 0.29) is 33.4 Å². The second-order valence-electron chi connectivity index (χ2n) is 8.83. The molecular formula is C24H25N5O4S. The molecule has 3 heterocycles. The molecule has 0 radical (unpaired) electrons. The van der Waals surface area contributed by atoms with Crippen LogP contribution in [0.5, 0.6) is 0 Å². The molecule has 34 heavy (non-hydrogen) atoms. The number of amides is 1. The van der Waals surface area contributed by atoms with Crippen LogP contribution in [0.15, 0.2) is 47.6 Å². The fourth-order valence-corrected chi connectivity index (χ4v) is 6.36. The summed E-state index contributed by atoms with van der Waals surface area (Å²) in [6.45, 7) is 1.28. The second kappa shape index (κ2) is 9.16. The van der Waals surface area contributed by atoms with Gasteiger partial charge in [0.25, 0.3) is 0 Å². The van der Waals surface area contributed by atoms with Crippen LogP contribution in [0.25, 0.3) is 10.9 Å². The molecule has 1 unspecified atom stereocenters. The van der Waals surface area contributed by atoms with Gasteiger partial charge in [-0.2, -0.15) is 10.4 Å². The SMILES string of the molecule is N#Cc1cccnc1NC(=O)C(CC1CCOCC1)n1ncc2c(S(=O)(=O)C3CC3)cccc21. The number of nitrogens with one attached hydrogen (secondary N) is 1. The number of rotatable bonds is 7. The number of carbonyl (C=O) groups excluding carboxylic acids is 1. The summed E-state index contributed by atoms with van der Waals surface area (Å²) in [7, 11) is -3.43. The molecule has 5 rings (SSSR count). The largest absolute Gasteiger partial charge is 0.381 e. The third-order valence-corrected chi connectivity index (χ3v) is 8.85. The number of sulfone groups is 1. The minimum atomic E-state index is -3.43. The Morgan fingerprint density at radius 2 is 2.00 bits per heavy atom. The number of nitrogens with zero attached hydrogens (tertiary/aromatic N) is 4. The van der Waals surface area contributed by atoms with Gasteiger partial charge in [0.05, 0.1) is 27.4 Å². The Morgan fingerprint density at radius 3 is 2.74 bits per heavy atom. The van der Waals surface area contributed by atoms with Crippen LogP contribution in [0.1, 0.15) is 43.7 Å². The molecule has 1 atom stereocenters. The van der Waals surface area contributed by atoms with Crippen molar-refractivity contribution in [1.82, 2.24) is 14.8 Å². The number of benzene rings is 1. The molecule has 0 bridgehead atoms. The zero-order valence-electron chi connectivity index (χ0n) is 18.6. The van der Waals surface area contributed by atoms with Crippen LogP contribution in [-0.4, -0.2) is 47.6 Å². The number of carbonyl (C=O) groups is 1. The second-order valence-corrected chi connectivity index (χ2v) is 11.0. The smallest absolute Gasteiger partial charge is 0.250 e. The molecule has 1 saturated carbocycles. The van der Waals surface area contributed by atoms with Gasteiger partial charge in [0.2, 0.25) is 5.91 Å². The molecule has 176 valence electrons. The Balaban J connectivity index is 1.53. The third kappa shape index (κ3) is 4.29. The summed E-state index contributed by atoms with van der Waals surface area (Å²) in [6, 6.07) is 9.68. The van der Waals surface area contributed by atoms with E-state index in [4.69, 9.17) is 4.74 Å². The highest BCUT2D eigenvalue weighted by Crippen LogP contribution is 2.37. The highest BCUT2D eigenvalue weighted by atomic mass is 32.2. The minimum absolute atomic E-state index is 0.195. The lowest BCUT2D eigenvalue weighted by Crippen LogP contribution is -2.31. The first-order valence-electron chi connectivity index (χ1n) is 11.4. The number of nitriles is 1. The third-order valence-electron chi connectivity index (χ3n) is 6.54. The maximum absolute atomic E-state index is 13.5.